The molecule has 2 aromatic rings. The second-order valence-electron chi connectivity index (χ2n) is 9.03. The van der Waals surface area contributed by atoms with Crippen LogP contribution in [0.5, 0.6) is 17.2 Å². The Kier molecular flexibility index (Phi) is 8.35. The molecular weight excluding hydrogens is 462 g/mol. The first-order valence-corrected chi connectivity index (χ1v) is 12.3. The van der Waals surface area contributed by atoms with Gasteiger partial charge in [-0.05, 0) is 30.9 Å². The smallest absolute Gasteiger partial charge is 0.321 e. The number of benzene rings is 1. The molecule has 0 radical (unpaired) electrons. The third-order valence-corrected chi connectivity index (χ3v) is 6.89. The minimum Gasteiger partial charge on any atom is -0.493 e. The number of piperazine rings is 1. The number of methoxy groups -OCH3 is 3. The van der Waals surface area contributed by atoms with Gasteiger partial charge in [-0.25, -0.2) is 9.78 Å². The van der Waals surface area contributed by atoms with Crippen molar-refractivity contribution in [3.8, 4) is 17.2 Å². The van der Waals surface area contributed by atoms with Crippen LogP contribution in [0, 0.1) is 5.92 Å². The normalized spacial score (nSPS) is 16.5. The zero-order valence-corrected chi connectivity index (χ0v) is 21.2. The second kappa shape index (κ2) is 11.8. The van der Waals surface area contributed by atoms with Crippen LogP contribution >= 0.6 is 0 Å². The first kappa shape index (κ1) is 25.4. The second-order valence-corrected chi connectivity index (χ2v) is 9.03. The number of hydrogen-bond acceptors (Lipinski definition) is 7. The number of rotatable bonds is 7. The first-order valence-electron chi connectivity index (χ1n) is 12.3. The van der Waals surface area contributed by atoms with Crippen LogP contribution in [0.3, 0.4) is 0 Å². The van der Waals surface area contributed by atoms with Gasteiger partial charge in [0.1, 0.15) is 5.82 Å². The molecule has 0 saturated carbocycles. The number of pyridine rings is 1. The molecule has 1 aromatic heterocycles. The van der Waals surface area contributed by atoms with Crippen molar-refractivity contribution in [3.63, 3.8) is 0 Å². The van der Waals surface area contributed by atoms with E-state index in [9.17, 15) is 9.59 Å². The molecule has 2 aliphatic heterocycles. The number of anilines is 2. The Morgan fingerprint density at radius 3 is 2.14 bits per heavy atom. The number of ether oxygens (including phenoxy) is 3. The van der Waals surface area contributed by atoms with Crippen LogP contribution in [0.25, 0.3) is 0 Å². The molecule has 36 heavy (non-hydrogen) atoms. The first-order chi connectivity index (χ1) is 17.5. The van der Waals surface area contributed by atoms with Crippen LogP contribution in [0.1, 0.15) is 19.3 Å². The van der Waals surface area contributed by atoms with E-state index in [1.165, 1.54) is 21.3 Å². The van der Waals surface area contributed by atoms with Crippen molar-refractivity contribution >= 4 is 23.4 Å². The van der Waals surface area contributed by atoms with Gasteiger partial charge in [0, 0.05) is 64.0 Å². The van der Waals surface area contributed by atoms with Crippen LogP contribution < -0.4 is 24.4 Å². The van der Waals surface area contributed by atoms with Crippen molar-refractivity contribution in [1.29, 1.82) is 0 Å². The molecule has 2 fully saturated rings. The van der Waals surface area contributed by atoms with E-state index < -0.39 is 0 Å². The highest BCUT2D eigenvalue weighted by atomic mass is 16.5. The van der Waals surface area contributed by atoms with Crippen LogP contribution in [0.4, 0.5) is 16.3 Å². The number of aromatic nitrogens is 1. The minimum atomic E-state index is -0.181. The van der Waals surface area contributed by atoms with Crippen LogP contribution in [-0.2, 0) is 4.79 Å². The monoisotopic (exact) mass is 497 g/mol. The summed E-state index contributed by atoms with van der Waals surface area (Å²) in [6, 6.07) is 9.13. The molecule has 10 nitrogen and oxygen atoms in total. The van der Waals surface area contributed by atoms with Crippen molar-refractivity contribution in [3.05, 3.63) is 36.5 Å². The van der Waals surface area contributed by atoms with E-state index in [2.05, 4.69) is 15.2 Å². The molecule has 10 heteroatoms. The summed E-state index contributed by atoms with van der Waals surface area (Å²) in [6.45, 7) is 4.24. The maximum atomic E-state index is 12.9. The predicted octanol–water partition coefficient (Wildman–Crippen LogP) is 3.09. The number of urea groups is 1. The van der Waals surface area contributed by atoms with Crippen molar-refractivity contribution in [2.45, 2.75) is 19.3 Å². The van der Waals surface area contributed by atoms with E-state index in [4.69, 9.17) is 14.2 Å². The van der Waals surface area contributed by atoms with E-state index in [-0.39, 0.29) is 17.9 Å². The number of carbonyl (C=O) groups excluding carboxylic acids is 2. The van der Waals surface area contributed by atoms with Crippen LogP contribution in [0.15, 0.2) is 36.5 Å². The van der Waals surface area contributed by atoms with E-state index >= 15 is 0 Å². The van der Waals surface area contributed by atoms with Gasteiger partial charge >= 0.3 is 6.03 Å². The SMILES string of the molecule is COc1cc(NC(=O)N2CCC(CC(=O)N3CCN(c4ccccn4)CC3)CC2)cc(OC)c1OC. The zero-order valence-electron chi connectivity index (χ0n) is 21.2. The van der Waals surface area contributed by atoms with E-state index in [0.717, 1.165) is 31.7 Å². The number of nitrogens with zero attached hydrogens (tertiary/aromatic N) is 4. The Morgan fingerprint density at radius 1 is 0.917 bits per heavy atom. The quantitative estimate of drug-likeness (QED) is 0.628. The summed E-state index contributed by atoms with van der Waals surface area (Å²) >= 11 is 0. The van der Waals surface area contributed by atoms with Gasteiger partial charge in [0.05, 0.1) is 27.0 Å². The van der Waals surface area contributed by atoms with Gasteiger partial charge in [0.2, 0.25) is 11.7 Å². The van der Waals surface area contributed by atoms with E-state index in [0.29, 0.717) is 55.5 Å². The molecule has 1 aromatic carbocycles. The van der Waals surface area contributed by atoms with Gasteiger partial charge in [-0.1, -0.05) is 6.07 Å². The number of hydrogen-bond donors (Lipinski definition) is 1. The van der Waals surface area contributed by atoms with Crippen LogP contribution in [0.2, 0.25) is 0 Å². The van der Waals surface area contributed by atoms with Crippen LogP contribution in [-0.4, -0.2) is 87.3 Å². The Bertz CT molecular complexity index is 1010. The Morgan fingerprint density at radius 2 is 1.58 bits per heavy atom. The number of piperidine rings is 1. The average molecular weight is 498 g/mol. The molecule has 0 bridgehead atoms. The summed E-state index contributed by atoms with van der Waals surface area (Å²) in [4.78, 5) is 36.1. The lowest BCUT2D eigenvalue weighted by atomic mass is 9.93. The lowest BCUT2D eigenvalue weighted by Gasteiger charge is -2.37. The largest absolute Gasteiger partial charge is 0.493 e. The summed E-state index contributed by atoms with van der Waals surface area (Å²) in [6.07, 6.45) is 3.95. The summed E-state index contributed by atoms with van der Waals surface area (Å²) in [7, 11) is 4.61. The van der Waals surface area contributed by atoms with Gasteiger partial charge in [0.15, 0.2) is 11.5 Å². The summed E-state index contributed by atoms with van der Waals surface area (Å²) in [5.74, 6) is 2.88. The lowest BCUT2D eigenvalue weighted by Crippen LogP contribution is -2.49. The molecule has 4 rings (SSSR count). The summed E-state index contributed by atoms with van der Waals surface area (Å²) in [5, 5.41) is 2.92. The topological polar surface area (TPSA) is 96.5 Å². The third kappa shape index (κ3) is 5.92. The molecular formula is C26H35N5O5. The number of likely N-dealkylation sites (tertiary alicyclic amines) is 1. The molecule has 1 N–H and O–H groups in total. The molecule has 0 aliphatic carbocycles. The fourth-order valence-corrected chi connectivity index (χ4v) is 4.80. The Balaban J connectivity index is 1.23. The standard InChI is InChI=1S/C26H35N5O5/c1-34-21-17-20(18-22(35-2)25(21)36-3)28-26(33)31-10-7-19(8-11-31)16-24(32)30-14-12-29(13-15-30)23-6-4-5-9-27-23/h4-6,9,17-19H,7-8,10-16H2,1-3H3,(H,28,33). The highest BCUT2D eigenvalue weighted by Gasteiger charge is 2.28. The van der Waals surface area contributed by atoms with Gasteiger partial charge in [-0.15, -0.1) is 0 Å². The maximum Gasteiger partial charge on any atom is 0.321 e. The summed E-state index contributed by atoms with van der Waals surface area (Å²) in [5.41, 5.74) is 0.566. The van der Waals surface area contributed by atoms with Gasteiger partial charge in [0.25, 0.3) is 0 Å². The molecule has 194 valence electrons. The van der Waals surface area contributed by atoms with E-state index in [1.807, 2.05) is 23.1 Å². The fraction of sp³-hybridized carbons (Fsp3) is 0.500. The summed E-state index contributed by atoms with van der Waals surface area (Å²) < 4.78 is 16.1. The molecule has 0 unspecified atom stereocenters. The molecule has 3 amide bonds. The van der Waals surface area contributed by atoms with Crippen molar-refractivity contribution in [2.75, 3.05) is 70.8 Å². The van der Waals surface area contributed by atoms with E-state index in [1.54, 1.807) is 23.2 Å². The Labute approximate surface area is 212 Å². The third-order valence-electron chi connectivity index (χ3n) is 6.89. The van der Waals surface area contributed by atoms with Crippen molar-refractivity contribution in [2.24, 2.45) is 5.92 Å². The predicted molar refractivity (Wildman–Crippen MR) is 137 cm³/mol. The zero-order chi connectivity index (χ0) is 25.5. The van der Waals surface area contributed by atoms with Gasteiger partial charge in [-0.2, -0.15) is 0 Å². The highest BCUT2D eigenvalue weighted by molar-refractivity contribution is 5.90. The van der Waals surface area contributed by atoms with Crippen molar-refractivity contribution < 1.29 is 23.8 Å². The number of carbonyl (C=O) groups is 2. The molecule has 2 aliphatic rings. The van der Waals surface area contributed by atoms with Gasteiger partial charge in [-0.3, -0.25) is 4.79 Å². The fourth-order valence-electron chi connectivity index (χ4n) is 4.80. The number of amides is 3. The Hall–Kier alpha value is -3.69. The maximum absolute atomic E-state index is 12.9. The molecule has 3 heterocycles. The molecule has 0 spiro atoms. The highest BCUT2D eigenvalue weighted by Crippen LogP contribution is 2.40. The molecule has 0 atom stereocenters. The molecule has 2 saturated heterocycles. The van der Waals surface area contributed by atoms with Gasteiger partial charge < -0.3 is 34.2 Å². The van der Waals surface area contributed by atoms with Crippen molar-refractivity contribution in [1.82, 2.24) is 14.8 Å². The number of nitrogens with one attached hydrogen (secondary N) is 1. The average Bonchev–Trinajstić information content (AvgIpc) is 2.93. The lowest BCUT2D eigenvalue weighted by molar-refractivity contribution is -0.132. The minimum absolute atomic E-state index is 0.181.